The van der Waals surface area contributed by atoms with Gasteiger partial charge in [0.1, 0.15) is 0 Å². The van der Waals surface area contributed by atoms with Crippen LogP contribution in [0.2, 0.25) is 0 Å². The smallest absolute Gasteiger partial charge is 0.219 e. The van der Waals surface area contributed by atoms with E-state index in [1.807, 2.05) is 4.90 Å². The lowest BCUT2D eigenvalue weighted by Gasteiger charge is -2.45. The molecule has 2 unspecified atom stereocenters. The highest BCUT2D eigenvalue weighted by Crippen LogP contribution is 2.28. The molecule has 76 valence electrons. The summed E-state index contributed by atoms with van der Waals surface area (Å²) in [6.07, 6.45) is 2.98. The lowest BCUT2D eigenvalue weighted by Crippen LogP contribution is -2.53. The molecular formula is C10H19NO2. The van der Waals surface area contributed by atoms with Crippen molar-refractivity contribution < 1.29 is 9.90 Å². The molecule has 1 N–H and O–H groups in total. The van der Waals surface area contributed by atoms with E-state index in [0.29, 0.717) is 12.0 Å². The summed E-state index contributed by atoms with van der Waals surface area (Å²) >= 11 is 0. The zero-order valence-electron chi connectivity index (χ0n) is 8.49. The summed E-state index contributed by atoms with van der Waals surface area (Å²) in [5.74, 6) is 0.662. The fraction of sp³-hybridized carbons (Fsp3) is 0.900. The summed E-state index contributed by atoms with van der Waals surface area (Å²) in [4.78, 5) is 13.0. The van der Waals surface area contributed by atoms with E-state index < -0.39 is 0 Å². The molecule has 0 radical (unpaired) electrons. The second-order valence-corrected chi connectivity index (χ2v) is 3.75. The Kier molecular flexibility index (Phi) is 3.72. The number of carbonyl (C=O) groups excluding carboxylic acids is 1. The summed E-state index contributed by atoms with van der Waals surface area (Å²) in [7, 11) is 0. The number of hydrogen-bond acceptors (Lipinski definition) is 2. The van der Waals surface area contributed by atoms with Gasteiger partial charge in [-0.1, -0.05) is 13.3 Å². The molecule has 13 heavy (non-hydrogen) atoms. The first-order valence-corrected chi connectivity index (χ1v) is 5.08. The highest BCUT2D eigenvalue weighted by Gasteiger charge is 2.34. The molecule has 0 aliphatic carbocycles. The lowest BCUT2D eigenvalue weighted by molar-refractivity contribution is -0.138. The monoisotopic (exact) mass is 185 g/mol. The molecule has 0 aromatic heterocycles. The SMILES string of the molecule is CCC(CCO)C1CCN1C(C)=O. The van der Waals surface area contributed by atoms with Crippen LogP contribution >= 0.6 is 0 Å². The maximum atomic E-state index is 11.1. The van der Waals surface area contributed by atoms with Gasteiger partial charge in [-0.25, -0.2) is 0 Å². The number of aliphatic hydroxyl groups is 1. The van der Waals surface area contributed by atoms with Crippen molar-refractivity contribution in [1.29, 1.82) is 0 Å². The fourth-order valence-electron chi connectivity index (χ4n) is 2.12. The number of nitrogens with zero attached hydrogens (tertiary/aromatic N) is 1. The van der Waals surface area contributed by atoms with E-state index in [9.17, 15) is 4.79 Å². The molecule has 0 aromatic carbocycles. The quantitative estimate of drug-likeness (QED) is 0.710. The molecule has 3 nitrogen and oxygen atoms in total. The molecule has 0 saturated carbocycles. The number of hydrogen-bond donors (Lipinski definition) is 1. The number of likely N-dealkylation sites (tertiary alicyclic amines) is 1. The molecule has 0 aromatic rings. The van der Waals surface area contributed by atoms with Gasteiger partial charge in [-0.05, 0) is 18.8 Å². The minimum atomic E-state index is 0.174. The number of rotatable bonds is 4. The summed E-state index contributed by atoms with van der Waals surface area (Å²) in [6, 6.07) is 0.398. The van der Waals surface area contributed by atoms with E-state index in [4.69, 9.17) is 5.11 Å². The third-order valence-corrected chi connectivity index (χ3v) is 3.04. The van der Waals surface area contributed by atoms with Gasteiger partial charge in [0.25, 0.3) is 0 Å². The van der Waals surface area contributed by atoms with E-state index in [1.54, 1.807) is 6.92 Å². The van der Waals surface area contributed by atoms with Gasteiger partial charge in [0.15, 0.2) is 0 Å². The van der Waals surface area contributed by atoms with Crippen molar-refractivity contribution in [2.24, 2.45) is 5.92 Å². The molecule has 1 amide bonds. The Labute approximate surface area is 79.7 Å². The topological polar surface area (TPSA) is 40.5 Å². The van der Waals surface area contributed by atoms with Crippen LogP contribution < -0.4 is 0 Å². The van der Waals surface area contributed by atoms with Gasteiger partial charge < -0.3 is 10.0 Å². The number of carbonyl (C=O) groups is 1. The Morgan fingerprint density at radius 1 is 1.69 bits per heavy atom. The predicted molar refractivity (Wildman–Crippen MR) is 51.3 cm³/mol. The van der Waals surface area contributed by atoms with E-state index in [0.717, 1.165) is 25.8 Å². The summed E-state index contributed by atoms with van der Waals surface area (Å²) in [6.45, 7) is 4.89. The molecule has 1 saturated heterocycles. The molecule has 1 aliphatic rings. The van der Waals surface area contributed by atoms with Gasteiger partial charge in [-0.3, -0.25) is 4.79 Å². The Morgan fingerprint density at radius 3 is 2.69 bits per heavy atom. The molecule has 0 bridgehead atoms. The molecule has 1 heterocycles. The van der Waals surface area contributed by atoms with Crippen LogP contribution in [0.3, 0.4) is 0 Å². The molecule has 1 fully saturated rings. The predicted octanol–water partition coefficient (Wildman–Crippen LogP) is 1.02. The van der Waals surface area contributed by atoms with Crippen LogP contribution in [0.25, 0.3) is 0 Å². The third kappa shape index (κ3) is 2.21. The van der Waals surface area contributed by atoms with Crippen molar-refractivity contribution in [2.45, 2.75) is 39.2 Å². The normalized spacial score (nSPS) is 23.9. The van der Waals surface area contributed by atoms with Crippen LogP contribution in [0.15, 0.2) is 0 Å². The van der Waals surface area contributed by atoms with Crippen molar-refractivity contribution in [3.63, 3.8) is 0 Å². The Bertz CT molecular complexity index is 182. The molecule has 1 aliphatic heterocycles. The fourth-order valence-corrected chi connectivity index (χ4v) is 2.12. The highest BCUT2D eigenvalue weighted by molar-refractivity contribution is 5.74. The summed E-state index contributed by atoms with van der Waals surface area (Å²) in [5.41, 5.74) is 0. The minimum absolute atomic E-state index is 0.174. The molecule has 3 heteroatoms. The van der Waals surface area contributed by atoms with Crippen molar-refractivity contribution in [3.05, 3.63) is 0 Å². The molecule has 1 rings (SSSR count). The van der Waals surface area contributed by atoms with Gasteiger partial charge in [-0.15, -0.1) is 0 Å². The van der Waals surface area contributed by atoms with E-state index in [-0.39, 0.29) is 12.5 Å². The second kappa shape index (κ2) is 4.61. The van der Waals surface area contributed by atoms with Crippen LogP contribution in [0.5, 0.6) is 0 Å². The lowest BCUT2D eigenvalue weighted by atomic mass is 9.85. The van der Waals surface area contributed by atoms with Crippen LogP contribution in [0.4, 0.5) is 0 Å². The summed E-state index contributed by atoms with van der Waals surface area (Å²) < 4.78 is 0. The molecule has 2 atom stereocenters. The first-order valence-electron chi connectivity index (χ1n) is 5.08. The van der Waals surface area contributed by atoms with Gasteiger partial charge in [0.2, 0.25) is 5.91 Å². The van der Waals surface area contributed by atoms with Crippen molar-refractivity contribution in [2.75, 3.05) is 13.2 Å². The first kappa shape index (κ1) is 10.5. The largest absolute Gasteiger partial charge is 0.396 e. The Hall–Kier alpha value is -0.570. The van der Waals surface area contributed by atoms with E-state index >= 15 is 0 Å². The second-order valence-electron chi connectivity index (χ2n) is 3.75. The Morgan fingerprint density at radius 2 is 2.38 bits per heavy atom. The average Bonchev–Trinajstić information content (AvgIpc) is 2.00. The van der Waals surface area contributed by atoms with E-state index in [1.165, 1.54) is 0 Å². The van der Waals surface area contributed by atoms with Crippen LogP contribution in [-0.2, 0) is 4.79 Å². The third-order valence-electron chi connectivity index (χ3n) is 3.04. The minimum Gasteiger partial charge on any atom is -0.396 e. The average molecular weight is 185 g/mol. The van der Waals surface area contributed by atoms with Crippen LogP contribution in [0.1, 0.15) is 33.1 Å². The molecular weight excluding hydrogens is 166 g/mol. The van der Waals surface area contributed by atoms with Crippen LogP contribution in [0, 0.1) is 5.92 Å². The van der Waals surface area contributed by atoms with Gasteiger partial charge in [0.05, 0.1) is 0 Å². The number of amides is 1. The zero-order chi connectivity index (χ0) is 9.84. The maximum Gasteiger partial charge on any atom is 0.219 e. The van der Waals surface area contributed by atoms with E-state index in [2.05, 4.69) is 6.92 Å². The molecule has 0 spiro atoms. The van der Waals surface area contributed by atoms with Gasteiger partial charge in [0, 0.05) is 26.1 Å². The summed E-state index contributed by atoms with van der Waals surface area (Å²) in [5, 5.41) is 8.86. The van der Waals surface area contributed by atoms with Gasteiger partial charge >= 0.3 is 0 Å². The van der Waals surface area contributed by atoms with Crippen molar-refractivity contribution in [3.8, 4) is 0 Å². The standard InChI is InChI=1S/C10H19NO2/c1-3-9(5-7-12)10-4-6-11(10)8(2)13/h9-10,12H,3-7H2,1-2H3. The first-order chi connectivity index (χ1) is 6.20. The highest BCUT2D eigenvalue weighted by atomic mass is 16.3. The maximum absolute atomic E-state index is 11.1. The Balaban J connectivity index is 2.45. The van der Waals surface area contributed by atoms with Crippen molar-refractivity contribution in [1.82, 2.24) is 4.90 Å². The number of aliphatic hydroxyl groups excluding tert-OH is 1. The van der Waals surface area contributed by atoms with Crippen LogP contribution in [-0.4, -0.2) is 35.1 Å². The zero-order valence-corrected chi connectivity index (χ0v) is 8.49. The van der Waals surface area contributed by atoms with Gasteiger partial charge in [-0.2, -0.15) is 0 Å². The van der Waals surface area contributed by atoms with Crippen molar-refractivity contribution >= 4 is 5.91 Å².